The minimum Gasteiger partial charge on any atom is -0.343 e. The Kier molecular flexibility index (Phi) is 6.86. The Hall–Kier alpha value is -2.95. The van der Waals surface area contributed by atoms with E-state index in [1.807, 2.05) is 0 Å². The van der Waals surface area contributed by atoms with E-state index in [-0.39, 0.29) is 16.1 Å². The molecule has 2 aromatic carbocycles. The Bertz CT molecular complexity index is 1050. The number of hydrogen-bond acceptors (Lipinski definition) is 4. The van der Waals surface area contributed by atoms with E-state index in [4.69, 9.17) is 0 Å². The molecule has 0 aliphatic rings. The molecule has 1 atom stereocenters. The van der Waals surface area contributed by atoms with Gasteiger partial charge in [-0.15, -0.1) is 0 Å². The average Bonchev–Trinajstić information content (AvgIpc) is 2.66. The summed E-state index contributed by atoms with van der Waals surface area (Å²) in [7, 11) is -4.12. The summed E-state index contributed by atoms with van der Waals surface area (Å²) in [5.74, 6) is -2.56. The van der Waals surface area contributed by atoms with Crippen molar-refractivity contribution < 1.29 is 35.6 Å². The van der Waals surface area contributed by atoms with E-state index in [0.29, 0.717) is 5.56 Å². The van der Waals surface area contributed by atoms with Crippen molar-refractivity contribution in [1.82, 2.24) is 5.32 Å². The maximum Gasteiger partial charge on any atom is 0.405 e. The van der Waals surface area contributed by atoms with E-state index in [1.165, 1.54) is 12.1 Å². The molecule has 162 valence electrons. The van der Waals surface area contributed by atoms with Crippen LogP contribution in [0.15, 0.2) is 47.4 Å². The molecule has 11 heteroatoms. The lowest BCUT2D eigenvalue weighted by molar-refractivity contribution is -0.123. The number of rotatable bonds is 6. The minimum atomic E-state index is -4.58. The highest BCUT2D eigenvalue weighted by molar-refractivity contribution is 7.92. The fourth-order valence-electron chi connectivity index (χ4n) is 2.38. The molecular weight excluding hydrogens is 428 g/mol. The van der Waals surface area contributed by atoms with E-state index in [9.17, 15) is 35.6 Å². The average molecular weight is 446 g/mol. The largest absolute Gasteiger partial charge is 0.405 e. The monoisotopic (exact) mass is 446 g/mol. The van der Waals surface area contributed by atoms with Crippen LogP contribution in [0.25, 0.3) is 0 Å². The predicted molar refractivity (Wildman–Crippen MR) is 101 cm³/mol. The number of amides is 2. The third-order valence-corrected chi connectivity index (χ3v) is 6.26. The molecule has 0 aromatic heterocycles. The summed E-state index contributed by atoms with van der Waals surface area (Å²) in [6, 6.07) is 7.79. The molecule has 0 aliphatic heterocycles. The number of anilines is 1. The van der Waals surface area contributed by atoms with Gasteiger partial charge in [0.2, 0.25) is 5.91 Å². The van der Waals surface area contributed by atoms with Crippen LogP contribution in [0, 0.1) is 12.7 Å². The van der Waals surface area contributed by atoms with Crippen LogP contribution in [-0.2, 0) is 14.6 Å². The standard InChI is InChI=1S/C19H18F4N2O4S/c1-11-3-4-13(18(27)24-10-19(21,22)23)9-16(11)25-17(26)12(2)30(28,29)15-7-5-14(20)6-8-15/h3-9,12H,10H2,1-2H3,(H,24,27)(H,25,26). The molecule has 1 unspecified atom stereocenters. The number of hydrogen-bond donors (Lipinski definition) is 2. The molecule has 0 bridgehead atoms. The van der Waals surface area contributed by atoms with Crippen LogP contribution in [0.1, 0.15) is 22.8 Å². The van der Waals surface area contributed by atoms with Crippen molar-refractivity contribution in [3.05, 3.63) is 59.4 Å². The molecular formula is C19H18F4N2O4S. The molecule has 2 amide bonds. The molecule has 0 fully saturated rings. The maximum absolute atomic E-state index is 13.0. The summed E-state index contributed by atoms with van der Waals surface area (Å²) in [5, 5.41) is 2.53. The topological polar surface area (TPSA) is 92.3 Å². The van der Waals surface area contributed by atoms with Gasteiger partial charge in [0, 0.05) is 11.3 Å². The van der Waals surface area contributed by atoms with E-state index >= 15 is 0 Å². The highest BCUT2D eigenvalue weighted by Gasteiger charge is 2.30. The summed E-state index contributed by atoms with van der Waals surface area (Å²) in [4.78, 5) is 24.1. The third kappa shape index (κ3) is 5.78. The number of carbonyl (C=O) groups excluding carboxylic acids is 2. The van der Waals surface area contributed by atoms with Crippen molar-refractivity contribution in [3.63, 3.8) is 0 Å². The van der Waals surface area contributed by atoms with E-state index in [0.717, 1.165) is 37.3 Å². The lowest BCUT2D eigenvalue weighted by atomic mass is 10.1. The normalized spacial score (nSPS) is 12.9. The summed E-state index contributed by atoms with van der Waals surface area (Å²) in [6.07, 6.45) is -4.58. The van der Waals surface area contributed by atoms with E-state index in [2.05, 4.69) is 5.32 Å². The number of sulfone groups is 1. The second-order valence-corrected chi connectivity index (χ2v) is 8.73. The van der Waals surface area contributed by atoms with Crippen molar-refractivity contribution in [2.24, 2.45) is 0 Å². The number of benzene rings is 2. The molecule has 30 heavy (non-hydrogen) atoms. The van der Waals surface area contributed by atoms with Gasteiger partial charge in [0.1, 0.15) is 17.6 Å². The molecule has 0 aliphatic carbocycles. The molecule has 2 N–H and O–H groups in total. The zero-order valence-electron chi connectivity index (χ0n) is 15.9. The minimum absolute atomic E-state index is 0.0702. The van der Waals surface area contributed by atoms with Gasteiger partial charge in [0.25, 0.3) is 5.91 Å². The number of aryl methyl sites for hydroxylation is 1. The van der Waals surface area contributed by atoms with Gasteiger partial charge in [-0.1, -0.05) is 6.07 Å². The Morgan fingerprint density at radius 3 is 2.23 bits per heavy atom. The van der Waals surface area contributed by atoms with Crippen molar-refractivity contribution >= 4 is 27.3 Å². The van der Waals surface area contributed by atoms with Crippen LogP contribution in [0.3, 0.4) is 0 Å². The second kappa shape index (κ2) is 8.82. The van der Waals surface area contributed by atoms with Crippen molar-refractivity contribution in [2.75, 3.05) is 11.9 Å². The summed E-state index contributed by atoms with van der Waals surface area (Å²) < 4.78 is 74.9. The van der Waals surface area contributed by atoms with E-state index in [1.54, 1.807) is 12.2 Å². The van der Waals surface area contributed by atoms with Crippen LogP contribution >= 0.6 is 0 Å². The van der Waals surface area contributed by atoms with E-state index < -0.39 is 45.4 Å². The highest BCUT2D eigenvalue weighted by atomic mass is 32.2. The molecule has 0 heterocycles. The third-order valence-electron chi connectivity index (χ3n) is 4.18. The maximum atomic E-state index is 13.0. The van der Waals surface area contributed by atoms with Gasteiger partial charge < -0.3 is 10.6 Å². The van der Waals surface area contributed by atoms with Crippen LogP contribution < -0.4 is 10.6 Å². The first kappa shape index (κ1) is 23.3. The Labute approximate surface area is 170 Å². The summed E-state index contributed by atoms with van der Waals surface area (Å²) in [6.45, 7) is 1.18. The number of halogens is 4. The van der Waals surface area contributed by atoms with Crippen LogP contribution in [-0.4, -0.2) is 38.2 Å². The first-order chi connectivity index (χ1) is 13.8. The Morgan fingerprint density at radius 2 is 1.67 bits per heavy atom. The van der Waals surface area contributed by atoms with Gasteiger partial charge in [0.05, 0.1) is 4.90 Å². The summed E-state index contributed by atoms with van der Waals surface area (Å²) >= 11 is 0. The first-order valence-electron chi connectivity index (χ1n) is 8.57. The van der Waals surface area contributed by atoms with Crippen LogP contribution in [0.2, 0.25) is 0 Å². The lowest BCUT2D eigenvalue weighted by Gasteiger charge is -2.16. The zero-order valence-corrected chi connectivity index (χ0v) is 16.7. The van der Waals surface area contributed by atoms with Gasteiger partial charge in [0.15, 0.2) is 9.84 Å². The van der Waals surface area contributed by atoms with Crippen LogP contribution in [0.4, 0.5) is 23.2 Å². The quantitative estimate of drug-likeness (QED) is 0.527. The first-order valence-corrected chi connectivity index (χ1v) is 10.1. The molecule has 0 saturated heterocycles. The molecule has 0 radical (unpaired) electrons. The Morgan fingerprint density at radius 1 is 1.07 bits per heavy atom. The van der Waals surface area contributed by atoms with Crippen LogP contribution in [0.5, 0.6) is 0 Å². The van der Waals surface area contributed by atoms with Gasteiger partial charge in [-0.2, -0.15) is 13.2 Å². The Balaban J connectivity index is 2.19. The van der Waals surface area contributed by atoms with Gasteiger partial charge >= 0.3 is 6.18 Å². The van der Waals surface area contributed by atoms with Gasteiger partial charge in [-0.3, -0.25) is 9.59 Å². The fourth-order valence-corrected chi connectivity index (χ4v) is 3.65. The fraction of sp³-hybridized carbons (Fsp3) is 0.263. The number of carbonyl (C=O) groups is 2. The second-order valence-electron chi connectivity index (χ2n) is 6.46. The SMILES string of the molecule is Cc1ccc(C(=O)NCC(F)(F)F)cc1NC(=O)C(C)S(=O)(=O)c1ccc(F)cc1. The smallest absolute Gasteiger partial charge is 0.343 e. The van der Waals surface area contributed by atoms with Crippen molar-refractivity contribution in [2.45, 2.75) is 30.2 Å². The molecule has 2 aromatic rings. The molecule has 2 rings (SSSR count). The predicted octanol–water partition coefficient (Wildman–Crippen LogP) is 3.23. The lowest BCUT2D eigenvalue weighted by Crippen LogP contribution is -2.34. The highest BCUT2D eigenvalue weighted by Crippen LogP contribution is 2.21. The molecule has 0 saturated carbocycles. The van der Waals surface area contributed by atoms with Gasteiger partial charge in [-0.05, 0) is 55.8 Å². The molecule has 0 spiro atoms. The van der Waals surface area contributed by atoms with Gasteiger partial charge in [-0.25, -0.2) is 12.8 Å². The zero-order chi connectivity index (χ0) is 22.7. The van der Waals surface area contributed by atoms with Crippen molar-refractivity contribution in [3.8, 4) is 0 Å². The summed E-state index contributed by atoms with van der Waals surface area (Å²) in [5.41, 5.74) is 0.386. The van der Waals surface area contributed by atoms with Crippen molar-refractivity contribution in [1.29, 1.82) is 0 Å². The number of nitrogens with one attached hydrogen (secondary N) is 2. The number of alkyl halides is 3. The molecule has 6 nitrogen and oxygen atoms in total.